The maximum Gasteiger partial charge on any atom is 0.336 e. The predicted octanol–water partition coefficient (Wildman–Crippen LogP) is 6.17. The summed E-state index contributed by atoms with van der Waals surface area (Å²) in [6.45, 7) is 2.78. The Labute approximate surface area is 187 Å². The van der Waals surface area contributed by atoms with Crippen molar-refractivity contribution in [1.82, 2.24) is 14.8 Å². The highest BCUT2D eigenvalue weighted by Crippen LogP contribution is 2.32. The van der Waals surface area contributed by atoms with Gasteiger partial charge in [-0.25, -0.2) is 4.79 Å². The highest BCUT2D eigenvalue weighted by atomic mass is 35.5. The second-order valence-corrected chi connectivity index (χ2v) is 8.48. The first-order valence-corrected chi connectivity index (χ1v) is 11.3. The summed E-state index contributed by atoms with van der Waals surface area (Å²) < 4.78 is 7.53. The Morgan fingerprint density at radius 3 is 2.74 bits per heavy atom. The number of hydrogen-bond acceptors (Lipinski definition) is 5. The molecule has 0 aliphatic rings. The zero-order chi connectivity index (χ0) is 21.4. The smallest absolute Gasteiger partial charge is 0.336 e. The standard InChI is InChI=1S/C24H18ClN3O2S/c1-2-28-23(16-7-5-8-18(25)12-16)26-27-24(28)31-14-17-13-21(29)30-20-11-10-15-6-3-4-9-19(15)22(17)20/h3-13H,2,14H2,1H3. The molecule has 0 N–H and O–H groups in total. The van der Waals surface area contributed by atoms with Crippen LogP contribution in [-0.2, 0) is 12.3 Å². The van der Waals surface area contributed by atoms with Crippen molar-refractivity contribution in [2.24, 2.45) is 0 Å². The summed E-state index contributed by atoms with van der Waals surface area (Å²) in [5.74, 6) is 1.35. The third-order valence-corrected chi connectivity index (χ3v) is 6.44. The molecule has 5 aromatic rings. The van der Waals surface area contributed by atoms with Gasteiger partial charge in [0.15, 0.2) is 11.0 Å². The Hall–Kier alpha value is -3.09. The molecule has 0 spiro atoms. The van der Waals surface area contributed by atoms with Crippen molar-refractivity contribution < 1.29 is 4.42 Å². The van der Waals surface area contributed by atoms with Crippen LogP contribution in [0.25, 0.3) is 33.1 Å². The summed E-state index contributed by atoms with van der Waals surface area (Å²) >= 11 is 7.71. The van der Waals surface area contributed by atoms with Gasteiger partial charge in [0.1, 0.15) is 5.58 Å². The number of thioether (sulfide) groups is 1. The molecular weight excluding hydrogens is 430 g/mol. The second-order valence-electron chi connectivity index (χ2n) is 7.10. The summed E-state index contributed by atoms with van der Waals surface area (Å²) in [6, 6.07) is 21.1. The van der Waals surface area contributed by atoms with Crippen LogP contribution < -0.4 is 5.63 Å². The van der Waals surface area contributed by atoms with Crippen molar-refractivity contribution in [3.63, 3.8) is 0 Å². The first-order valence-electron chi connectivity index (χ1n) is 9.90. The van der Waals surface area contributed by atoms with E-state index in [0.29, 0.717) is 16.4 Å². The normalized spacial score (nSPS) is 11.4. The van der Waals surface area contributed by atoms with Crippen molar-refractivity contribution in [3.8, 4) is 11.4 Å². The molecule has 0 bridgehead atoms. The zero-order valence-corrected chi connectivity index (χ0v) is 18.3. The summed E-state index contributed by atoms with van der Waals surface area (Å²) in [6.07, 6.45) is 0. The molecule has 0 amide bonds. The van der Waals surface area contributed by atoms with Crippen LogP contribution in [0.4, 0.5) is 0 Å². The Morgan fingerprint density at radius 2 is 1.90 bits per heavy atom. The number of halogens is 1. The van der Waals surface area contributed by atoms with Gasteiger partial charge in [0.25, 0.3) is 0 Å². The topological polar surface area (TPSA) is 60.9 Å². The summed E-state index contributed by atoms with van der Waals surface area (Å²) in [5, 5.41) is 13.4. The maximum absolute atomic E-state index is 12.2. The quantitative estimate of drug-likeness (QED) is 0.183. The third-order valence-electron chi connectivity index (χ3n) is 5.19. The Balaban J connectivity index is 1.55. The SMILES string of the molecule is CCn1c(SCc2cc(=O)oc3ccc4ccccc4c23)nnc1-c1cccc(Cl)c1. The highest BCUT2D eigenvalue weighted by molar-refractivity contribution is 7.98. The van der Waals surface area contributed by atoms with Crippen LogP contribution in [0.3, 0.4) is 0 Å². The van der Waals surface area contributed by atoms with E-state index in [4.69, 9.17) is 16.0 Å². The van der Waals surface area contributed by atoms with E-state index in [1.165, 1.54) is 0 Å². The van der Waals surface area contributed by atoms with Gasteiger partial charge in [-0.3, -0.25) is 0 Å². The van der Waals surface area contributed by atoms with Gasteiger partial charge >= 0.3 is 5.63 Å². The molecule has 0 aliphatic heterocycles. The second kappa shape index (κ2) is 8.21. The molecule has 2 aromatic heterocycles. The summed E-state index contributed by atoms with van der Waals surface area (Å²) in [7, 11) is 0. The van der Waals surface area contributed by atoms with Gasteiger partial charge in [0.2, 0.25) is 0 Å². The van der Waals surface area contributed by atoms with Gasteiger partial charge in [-0.2, -0.15) is 0 Å². The van der Waals surface area contributed by atoms with Crippen LogP contribution in [0.5, 0.6) is 0 Å². The number of aromatic nitrogens is 3. The first kappa shape index (κ1) is 19.8. The van der Waals surface area contributed by atoms with E-state index in [1.54, 1.807) is 17.8 Å². The molecule has 154 valence electrons. The average molecular weight is 448 g/mol. The fourth-order valence-corrected chi connectivity index (χ4v) is 4.97. The van der Waals surface area contributed by atoms with Crippen molar-refractivity contribution >= 4 is 45.1 Å². The van der Waals surface area contributed by atoms with Crippen LogP contribution in [0, 0.1) is 0 Å². The molecule has 3 aromatic carbocycles. The minimum atomic E-state index is -0.352. The highest BCUT2D eigenvalue weighted by Gasteiger charge is 2.16. The lowest BCUT2D eigenvalue weighted by Gasteiger charge is -2.10. The fourth-order valence-electron chi connectivity index (χ4n) is 3.80. The van der Waals surface area contributed by atoms with Gasteiger partial charge in [-0.05, 0) is 41.5 Å². The molecular formula is C24H18ClN3O2S. The van der Waals surface area contributed by atoms with Crippen LogP contribution in [-0.4, -0.2) is 14.8 Å². The summed E-state index contributed by atoms with van der Waals surface area (Å²) in [4.78, 5) is 12.2. The molecule has 0 saturated carbocycles. The number of benzene rings is 3. The number of fused-ring (bicyclic) bond motifs is 3. The minimum Gasteiger partial charge on any atom is -0.423 e. The van der Waals surface area contributed by atoms with E-state index in [-0.39, 0.29) is 5.63 Å². The van der Waals surface area contributed by atoms with E-state index >= 15 is 0 Å². The molecule has 31 heavy (non-hydrogen) atoms. The predicted molar refractivity (Wildman–Crippen MR) is 126 cm³/mol. The van der Waals surface area contributed by atoms with E-state index < -0.39 is 0 Å². The van der Waals surface area contributed by atoms with Crippen molar-refractivity contribution in [2.75, 3.05) is 0 Å². The van der Waals surface area contributed by atoms with Crippen molar-refractivity contribution in [3.05, 3.63) is 87.7 Å². The lowest BCUT2D eigenvalue weighted by atomic mass is 10.0. The fraction of sp³-hybridized carbons (Fsp3) is 0.125. The first-order chi connectivity index (χ1) is 15.1. The van der Waals surface area contributed by atoms with Crippen LogP contribution in [0.15, 0.2) is 81.1 Å². The average Bonchev–Trinajstić information content (AvgIpc) is 3.20. The minimum absolute atomic E-state index is 0.352. The molecule has 0 atom stereocenters. The van der Waals surface area contributed by atoms with E-state index in [2.05, 4.69) is 33.8 Å². The Morgan fingerprint density at radius 1 is 1.03 bits per heavy atom. The van der Waals surface area contributed by atoms with E-state index in [0.717, 1.165) is 44.8 Å². The van der Waals surface area contributed by atoms with Crippen LogP contribution >= 0.6 is 23.4 Å². The maximum atomic E-state index is 12.2. The number of rotatable bonds is 5. The molecule has 0 aliphatic carbocycles. The summed E-state index contributed by atoms with van der Waals surface area (Å²) in [5.41, 5.74) is 2.09. The molecule has 0 radical (unpaired) electrons. The third kappa shape index (κ3) is 3.73. The lowest BCUT2D eigenvalue weighted by Crippen LogP contribution is -2.02. The molecule has 0 unspecified atom stereocenters. The van der Waals surface area contributed by atoms with Gasteiger partial charge < -0.3 is 8.98 Å². The largest absolute Gasteiger partial charge is 0.423 e. The van der Waals surface area contributed by atoms with Gasteiger partial charge in [-0.15, -0.1) is 10.2 Å². The number of nitrogens with zero attached hydrogens (tertiary/aromatic N) is 3. The van der Waals surface area contributed by atoms with E-state index in [1.807, 2.05) is 48.5 Å². The Kier molecular flexibility index (Phi) is 5.26. The van der Waals surface area contributed by atoms with Crippen molar-refractivity contribution in [1.29, 1.82) is 0 Å². The number of hydrogen-bond donors (Lipinski definition) is 0. The zero-order valence-electron chi connectivity index (χ0n) is 16.7. The monoisotopic (exact) mass is 447 g/mol. The Bertz CT molecular complexity index is 1480. The van der Waals surface area contributed by atoms with Crippen molar-refractivity contribution in [2.45, 2.75) is 24.4 Å². The van der Waals surface area contributed by atoms with E-state index in [9.17, 15) is 4.79 Å². The van der Waals surface area contributed by atoms with Gasteiger partial charge in [-0.1, -0.05) is 65.8 Å². The molecule has 5 rings (SSSR count). The molecule has 0 saturated heterocycles. The lowest BCUT2D eigenvalue weighted by molar-refractivity contribution is 0.560. The van der Waals surface area contributed by atoms with Gasteiger partial charge in [0.05, 0.1) is 0 Å². The van der Waals surface area contributed by atoms with Gasteiger partial charge in [0, 0.05) is 34.3 Å². The molecule has 7 heteroatoms. The molecule has 5 nitrogen and oxygen atoms in total. The van der Waals surface area contributed by atoms with Crippen LogP contribution in [0.1, 0.15) is 12.5 Å². The molecule has 0 fully saturated rings. The van der Waals surface area contributed by atoms with Crippen LogP contribution in [0.2, 0.25) is 5.02 Å². The molecule has 2 heterocycles.